The van der Waals surface area contributed by atoms with Crippen LogP contribution in [0.3, 0.4) is 0 Å². The Labute approximate surface area is 118 Å². The van der Waals surface area contributed by atoms with E-state index in [4.69, 9.17) is 14.7 Å². The molecule has 1 aromatic carbocycles. The fourth-order valence-corrected chi connectivity index (χ4v) is 1.83. The Morgan fingerprint density at radius 3 is 2.86 bits per heavy atom. The molecule has 1 unspecified atom stereocenters. The van der Waals surface area contributed by atoms with Gasteiger partial charge in [0.15, 0.2) is 11.5 Å². The summed E-state index contributed by atoms with van der Waals surface area (Å²) < 4.78 is 34.2. The lowest BCUT2D eigenvalue weighted by molar-refractivity contribution is -0.148. The highest BCUT2D eigenvalue weighted by Gasteiger charge is 2.29. The van der Waals surface area contributed by atoms with Crippen LogP contribution < -0.4 is 9.47 Å². The molecule has 0 fully saturated rings. The highest BCUT2D eigenvalue weighted by Crippen LogP contribution is 2.31. The van der Waals surface area contributed by atoms with Crippen molar-refractivity contribution < 1.29 is 33.0 Å². The van der Waals surface area contributed by atoms with E-state index in [1.807, 2.05) is 0 Å². The molecule has 0 aliphatic carbocycles. The number of rotatable bonds is 6. The topological polar surface area (TPSA) is 77.4 Å². The van der Waals surface area contributed by atoms with Crippen molar-refractivity contribution in [3.63, 3.8) is 0 Å². The third-order valence-electron chi connectivity index (χ3n) is 2.74. The maximum absolute atomic E-state index is 12.3. The van der Waals surface area contributed by atoms with Gasteiger partial charge in [0.1, 0.15) is 0 Å². The van der Waals surface area contributed by atoms with Crippen LogP contribution in [-0.2, 0) is 9.63 Å². The molecule has 21 heavy (non-hydrogen) atoms. The number of carboxylic acids is 1. The number of halogens is 2. The van der Waals surface area contributed by atoms with E-state index in [2.05, 4.69) is 9.89 Å². The van der Waals surface area contributed by atoms with Crippen LogP contribution in [0.15, 0.2) is 23.4 Å². The molecule has 1 atom stereocenters. The van der Waals surface area contributed by atoms with Crippen molar-refractivity contribution in [2.24, 2.45) is 5.16 Å². The zero-order valence-electron chi connectivity index (χ0n) is 11.1. The predicted octanol–water partition coefficient (Wildman–Crippen LogP) is 2.26. The molecule has 0 radical (unpaired) electrons. The molecule has 0 aromatic heterocycles. The van der Waals surface area contributed by atoms with Gasteiger partial charge in [-0.25, -0.2) is 4.79 Å². The fourth-order valence-electron chi connectivity index (χ4n) is 1.83. The monoisotopic (exact) mass is 301 g/mol. The van der Waals surface area contributed by atoms with Gasteiger partial charge in [-0.15, -0.1) is 0 Å². The lowest BCUT2D eigenvalue weighted by atomic mass is 10.0. The second-order valence-electron chi connectivity index (χ2n) is 4.15. The van der Waals surface area contributed by atoms with Crippen molar-refractivity contribution in [1.29, 1.82) is 0 Å². The summed E-state index contributed by atoms with van der Waals surface area (Å²) in [5.74, 6) is -1.07. The smallest absolute Gasteiger partial charge is 0.387 e. The number of hydrogen-bond donors (Lipinski definition) is 1. The van der Waals surface area contributed by atoms with Crippen LogP contribution in [0.25, 0.3) is 0 Å². The molecule has 114 valence electrons. The highest BCUT2D eigenvalue weighted by molar-refractivity contribution is 6.03. The molecule has 2 rings (SSSR count). The number of carboxylic acid groups (broad SMARTS) is 1. The lowest BCUT2D eigenvalue weighted by Crippen LogP contribution is -2.19. The zero-order chi connectivity index (χ0) is 15.4. The molecule has 0 amide bonds. The van der Waals surface area contributed by atoms with Crippen LogP contribution in [0, 0.1) is 0 Å². The third kappa shape index (κ3) is 3.59. The number of benzene rings is 1. The number of ether oxygens (including phenoxy) is 2. The van der Waals surface area contributed by atoms with E-state index in [-0.39, 0.29) is 24.5 Å². The van der Waals surface area contributed by atoms with Crippen molar-refractivity contribution in [1.82, 2.24) is 0 Å². The van der Waals surface area contributed by atoms with Gasteiger partial charge in [0.05, 0.1) is 12.3 Å². The van der Waals surface area contributed by atoms with Crippen LogP contribution in [0.1, 0.15) is 18.9 Å². The van der Waals surface area contributed by atoms with Crippen LogP contribution in [0.5, 0.6) is 11.5 Å². The van der Waals surface area contributed by atoms with Gasteiger partial charge in [0, 0.05) is 12.0 Å². The minimum Gasteiger partial charge on any atom is -0.490 e. The van der Waals surface area contributed by atoms with E-state index < -0.39 is 18.7 Å². The van der Waals surface area contributed by atoms with Gasteiger partial charge in [-0.05, 0) is 25.1 Å². The first-order chi connectivity index (χ1) is 10.0. The number of alkyl halides is 2. The van der Waals surface area contributed by atoms with E-state index in [0.717, 1.165) is 0 Å². The molecule has 0 saturated heterocycles. The Morgan fingerprint density at radius 2 is 2.29 bits per heavy atom. The summed E-state index contributed by atoms with van der Waals surface area (Å²) in [6, 6.07) is 4.28. The maximum Gasteiger partial charge on any atom is 0.387 e. The quantitative estimate of drug-likeness (QED) is 0.872. The second-order valence-corrected chi connectivity index (χ2v) is 4.15. The molecule has 1 N–H and O–H groups in total. The van der Waals surface area contributed by atoms with Crippen LogP contribution in [-0.4, -0.2) is 36.1 Å². The Hall–Kier alpha value is -2.38. The molecule has 1 aromatic rings. The Kier molecular flexibility index (Phi) is 4.56. The summed E-state index contributed by atoms with van der Waals surface area (Å²) in [5.41, 5.74) is 0.941. The summed E-state index contributed by atoms with van der Waals surface area (Å²) in [5, 5.41) is 12.5. The Balaban J connectivity index is 2.22. The molecule has 0 saturated carbocycles. The first-order valence-corrected chi connectivity index (χ1v) is 6.18. The number of hydrogen-bond acceptors (Lipinski definition) is 5. The Morgan fingerprint density at radius 1 is 1.52 bits per heavy atom. The standard InChI is InChI=1S/C13H13F2NO5/c1-2-19-10-5-7(3-4-9(10)20-13(14)15)8-6-11(12(17)18)21-16-8/h3-5,11,13H,2,6H2,1H3,(H,17,18). The molecule has 1 heterocycles. The van der Waals surface area contributed by atoms with Crippen molar-refractivity contribution in [2.45, 2.75) is 26.1 Å². The molecule has 1 aliphatic rings. The highest BCUT2D eigenvalue weighted by atomic mass is 19.3. The van der Waals surface area contributed by atoms with Crippen molar-refractivity contribution in [3.05, 3.63) is 23.8 Å². The molecule has 0 spiro atoms. The van der Waals surface area contributed by atoms with Gasteiger partial charge in [-0.3, -0.25) is 0 Å². The van der Waals surface area contributed by atoms with Crippen molar-refractivity contribution in [3.8, 4) is 11.5 Å². The molecular formula is C13H13F2NO5. The van der Waals surface area contributed by atoms with Crippen LogP contribution in [0.2, 0.25) is 0 Å². The molecule has 8 heteroatoms. The number of nitrogens with zero attached hydrogens (tertiary/aromatic N) is 1. The number of carbonyl (C=O) groups is 1. The van der Waals surface area contributed by atoms with Gasteiger partial charge in [0.2, 0.25) is 6.10 Å². The predicted molar refractivity (Wildman–Crippen MR) is 67.9 cm³/mol. The third-order valence-corrected chi connectivity index (χ3v) is 2.74. The van der Waals surface area contributed by atoms with E-state index >= 15 is 0 Å². The van der Waals surface area contributed by atoms with Crippen molar-refractivity contribution >= 4 is 11.7 Å². The molecular weight excluding hydrogens is 288 g/mol. The minimum atomic E-state index is -2.96. The number of aliphatic carboxylic acids is 1. The second kappa shape index (κ2) is 6.38. The molecule has 0 bridgehead atoms. The summed E-state index contributed by atoms with van der Waals surface area (Å²) in [6.45, 7) is -0.988. The minimum absolute atomic E-state index is 0.0927. The van der Waals surface area contributed by atoms with E-state index in [1.54, 1.807) is 6.92 Å². The van der Waals surface area contributed by atoms with E-state index in [1.165, 1.54) is 18.2 Å². The van der Waals surface area contributed by atoms with Crippen LogP contribution in [0.4, 0.5) is 8.78 Å². The average Bonchev–Trinajstić information content (AvgIpc) is 2.90. The molecule has 6 nitrogen and oxygen atoms in total. The summed E-state index contributed by atoms with van der Waals surface area (Å²) in [6.07, 6.45) is -0.941. The first-order valence-electron chi connectivity index (χ1n) is 6.18. The van der Waals surface area contributed by atoms with Gasteiger partial charge >= 0.3 is 12.6 Å². The maximum atomic E-state index is 12.3. The Bertz CT molecular complexity index is 561. The summed E-state index contributed by atoms with van der Waals surface area (Å²) in [7, 11) is 0. The van der Waals surface area contributed by atoms with Gasteiger partial charge in [0.25, 0.3) is 0 Å². The summed E-state index contributed by atoms with van der Waals surface area (Å²) >= 11 is 0. The summed E-state index contributed by atoms with van der Waals surface area (Å²) in [4.78, 5) is 15.6. The van der Waals surface area contributed by atoms with Gasteiger partial charge in [-0.1, -0.05) is 5.16 Å². The average molecular weight is 301 g/mol. The fraction of sp³-hybridized carbons (Fsp3) is 0.385. The van der Waals surface area contributed by atoms with Crippen LogP contribution >= 0.6 is 0 Å². The van der Waals surface area contributed by atoms with Gasteiger partial charge < -0.3 is 19.4 Å². The SMILES string of the molecule is CCOc1cc(C2=NOC(C(=O)O)C2)ccc1OC(F)F. The zero-order valence-corrected chi connectivity index (χ0v) is 11.1. The first kappa shape index (κ1) is 15.0. The van der Waals surface area contributed by atoms with E-state index in [0.29, 0.717) is 11.3 Å². The lowest BCUT2D eigenvalue weighted by Gasteiger charge is -2.12. The largest absolute Gasteiger partial charge is 0.490 e. The van der Waals surface area contributed by atoms with Gasteiger partial charge in [-0.2, -0.15) is 8.78 Å². The normalized spacial score (nSPS) is 17.3. The van der Waals surface area contributed by atoms with E-state index in [9.17, 15) is 13.6 Å². The molecule has 1 aliphatic heterocycles. The van der Waals surface area contributed by atoms with Crippen molar-refractivity contribution in [2.75, 3.05) is 6.61 Å². The number of oxime groups is 1.